The zero-order valence-electron chi connectivity index (χ0n) is 12.8. The molecule has 4 aromatic rings. The average molecular weight is 339 g/mol. The predicted octanol–water partition coefficient (Wildman–Crippen LogP) is 3.51. The Labute approximate surface area is 141 Å². The molecule has 3 heterocycles. The number of hydrogen-bond donors (Lipinski definition) is 0. The van der Waals surface area contributed by atoms with Gasteiger partial charge in [0.25, 0.3) is 5.89 Å². The molecule has 4 rings (SSSR count). The van der Waals surface area contributed by atoms with Gasteiger partial charge >= 0.3 is 0 Å². The highest BCUT2D eigenvalue weighted by molar-refractivity contribution is 7.98. The van der Waals surface area contributed by atoms with Crippen LogP contribution in [0.4, 0.5) is 0 Å². The van der Waals surface area contributed by atoms with E-state index < -0.39 is 0 Å². The molecule has 0 unspecified atom stereocenters. The van der Waals surface area contributed by atoms with Gasteiger partial charge in [0.2, 0.25) is 5.89 Å². The minimum absolute atomic E-state index is 0.372. The summed E-state index contributed by atoms with van der Waals surface area (Å²) < 4.78 is 12.8. The largest absolute Gasteiger partial charge is 0.459 e. The van der Waals surface area contributed by atoms with E-state index >= 15 is 0 Å². The van der Waals surface area contributed by atoms with Crippen molar-refractivity contribution in [3.8, 4) is 17.3 Å². The Morgan fingerprint density at radius 1 is 1.00 bits per heavy atom. The van der Waals surface area contributed by atoms with E-state index in [1.807, 2.05) is 41.8 Å². The van der Waals surface area contributed by atoms with Gasteiger partial charge in [0.1, 0.15) is 5.82 Å². The van der Waals surface area contributed by atoms with Crippen molar-refractivity contribution in [3.63, 3.8) is 0 Å². The van der Waals surface area contributed by atoms with Crippen molar-refractivity contribution in [3.05, 3.63) is 60.4 Å². The summed E-state index contributed by atoms with van der Waals surface area (Å²) in [5.74, 6) is 2.76. The van der Waals surface area contributed by atoms with Crippen LogP contribution < -0.4 is 0 Å². The third kappa shape index (κ3) is 2.83. The molecule has 0 saturated carbocycles. The third-order valence-corrected chi connectivity index (χ3v) is 4.25. The van der Waals surface area contributed by atoms with E-state index in [1.165, 1.54) is 11.8 Å². The van der Waals surface area contributed by atoms with Crippen LogP contribution in [0.25, 0.3) is 17.3 Å². The lowest BCUT2D eigenvalue weighted by molar-refractivity contribution is 0.494. The van der Waals surface area contributed by atoms with Crippen LogP contribution in [0.3, 0.4) is 0 Å². The summed E-state index contributed by atoms with van der Waals surface area (Å²) in [6.07, 6.45) is 1.57. The number of para-hydroxylation sites is 1. The Morgan fingerprint density at radius 2 is 1.88 bits per heavy atom. The molecule has 0 saturated heterocycles. The molecule has 8 heteroatoms. The summed E-state index contributed by atoms with van der Waals surface area (Å²) in [5.41, 5.74) is 1.02. The van der Waals surface area contributed by atoms with Crippen LogP contribution in [-0.2, 0) is 5.75 Å². The van der Waals surface area contributed by atoms with Crippen LogP contribution in [0.2, 0.25) is 0 Å². The van der Waals surface area contributed by atoms with Gasteiger partial charge in [-0.25, -0.2) is 0 Å². The van der Waals surface area contributed by atoms with Gasteiger partial charge in [-0.3, -0.25) is 4.57 Å². The molecule has 3 aromatic heterocycles. The number of furan rings is 1. The van der Waals surface area contributed by atoms with Crippen LogP contribution in [0.5, 0.6) is 0 Å². The Hall–Kier alpha value is -2.87. The van der Waals surface area contributed by atoms with Crippen molar-refractivity contribution in [1.82, 2.24) is 25.0 Å². The molecule has 24 heavy (non-hydrogen) atoms. The van der Waals surface area contributed by atoms with E-state index in [9.17, 15) is 0 Å². The van der Waals surface area contributed by atoms with E-state index in [-0.39, 0.29) is 0 Å². The van der Waals surface area contributed by atoms with Crippen LogP contribution in [0, 0.1) is 6.92 Å². The minimum Gasteiger partial charge on any atom is -0.459 e. The molecule has 0 atom stereocenters. The van der Waals surface area contributed by atoms with Gasteiger partial charge in [0, 0.05) is 5.69 Å². The Morgan fingerprint density at radius 3 is 2.67 bits per heavy atom. The quantitative estimate of drug-likeness (QED) is 0.514. The number of rotatable bonds is 5. The van der Waals surface area contributed by atoms with Crippen molar-refractivity contribution < 1.29 is 8.83 Å². The van der Waals surface area contributed by atoms with Gasteiger partial charge in [-0.15, -0.1) is 20.4 Å². The lowest BCUT2D eigenvalue weighted by Gasteiger charge is -2.06. The van der Waals surface area contributed by atoms with Gasteiger partial charge in [0.05, 0.1) is 12.0 Å². The molecule has 0 aliphatic carbocycles. The number of benzene rings is 1. The summed E-state index contributed by atoms with van der Waals surface area (Å²) in [6, 6.07) is 13.5. The highest BCUT2D eigenvalue weighted by atomic mass is 32.2. The van der Waals surface area contributed by atoms with Crippen molar-refractivity contribution in [2.75, 3.05) is 0 Å². The van der Waals surface area contributed by atoms with E-state index in [1.54, 1.807) is 18.4 Å². The Kier molecular flexibility index (Phi) is 3.87. The molecule has 0 bridgehead atoms. The van der Waals surface area contributed by atoms with Crippen molar-refractivity contribution in [1.29, 1.82) is 0 Å². The van der Waals surface area contributed by atoms with Crippen LogP contribution in [0.1, 0.15) is 11.7 Å². The van der Waals surface area contributed by atoms with E-state index in [0.29, 0.717) is 23.3 Å². The summed E-state index contributed by atoms with van der Waals surface area (Å²) in [4.78, 5) is 0. The van der Waals surface area contributed by atoms with Gasteiger partial charge in [0.15, 0.2) is 10.9 Å². The smallest absolute Gasteiger partial charge is 0.283 e. The first-order chi connectivity index (χ1) is 11.8. The summed E-state index contributed by atoms with van der Waals surface area (Å²) in [7, 11) is 0. The Bertz CT molecular complexity index is 931. The standard InChI is InChI=1S/C16H13N5O2S/c1-11-17-20-16(21(11)12-6-3-2-4-7-12)24-10-14-18-19-15(23-14)13-8-5-9-22-13/h2-9H,10H2,1H3. The molecular weight excluding hydrogens is 326 g/mol. The SMILES string of the molecule is Cc1nnc(SCc2nnc(-c3ccco3)o2)n1-c1ccccc1. The monoisotopic (exact) mass is 339 g/mol. The Balaban J connectivity index is 1.53. The maximum Gasteiger partial charge on any atom is 0.283 e. The van der Waals surface area contributed by atoms with E-state index in [0.717, 1.165) is 16.7 Å². The lowest BCUT2D eigenvalue weighted by Crippen LogP contribution is -1.98. The molecule has 0 N–H and O–H groups in total. The van der Waals surface area contributed by atoms with Gasteiger partial charge in [-0.1, -0.05) is 30.0 Å². The van der Waals surface area contributed by atoms with Crippen molar-refractivity contribution in [2.45, 2.75) is 17.8 Å². The summed E-state index contributed by atoms with van der Waals surface area (Å²) in [6.45, 7) is 1.92. The molecule has 1 aromatic carbocycles. The molecular formula is C16H13N5O2S. The number of aryl methyl sites for hydroxylation is 1. The second-order valence-corrected chi connectivity index (χ2v) is 5.91. The molecule has 0 radical (unpaired) electrons. The number of thioether (sulfide) groups is 1. The van der Waals surface area contributed by atoms with Crippen LogP contribution >= 0.6 is 11.8 Å². The highest BCUT2D eigenvalue weighted by Gasteiger charge is 2.15. The first-order valence-corrected chi connectivity index (χ1v) is 8.26. The molecule has 120 valence electrons. The molecule has 0 aliphatic rings. The predicted molar refractivity (Wildman–Crippen MR) is 87.7 cm³/mol. The number of aromatic nitrogens is 5. The van der Waals surface area contributed by atoms with Crippen LogP contribution in [-0.4, -0.2) is 25.0 Å². The minimum atomic E-state index is 0.372. The number of nitrogens with zero attached hydrogens (tertiary/aromatic N) is 5. The van der Waals surface area contributed by atoms with Gasteiger partial charge in [-0.05, 0) is 31.2 Å². The normalized spacial score (nSPS) is 11.0. The lowest BCUT2D eigenvalue weighted by atomic mass is 10.3. The number of hydrogen-bond acceptors (Lipinski definition) is 7. The second-order valence-electron chi connectivity index (χ2n) is 4.97. The van der Waals surface area contributed by atoms with E-state index in [4.69, 9.17) is 8.83 Å². The highest BCUT2D eigenvalue weighted by Crippen LogP contribution is 2.26. The average Bonchev–Trinajstić information content (AvgIpc) is 3.34. The van der Waals surface area contributed by atoms with Crippen LogP contribution in [0.15, 0.2) is 62.7 Å². The van der Waals surface area contributed by atoms with E-state index in [2.05, 4.69) is 20.4 Å². The fourth-order valence-corrected chi connectivity index (χ4v) is 3.08. The topological polar surface area (TPSA) is 82.8 Å². The summed E-state index contributed by atoms with van der Waals surface area (Å²) in [5, 5.41) is 17.2. The van der Waals surface area contributed by atoms with Gasteiger partial charge < -0.3 is 8.83 Å². The zero-order chi connectivity index (χ0) is 16.4. The first-order valence-electron chi connectivity index (χ1n) is 7.28. The third-order valence-electron chi connectivity index (χ3n) is 3.33. The maximum absolute atomic E-state index is 5.61. The fraction of sp³-hybridized carbons (Fsp3) is 0.125. The second kappa shape index (κ2) is 6.32. The summed E-state index contributed by atoms with van der Waals surface area (Å²) >= 11 is 1.49. The first kappa shape index (κ1) is 14.7. The molecule has 7 nitrogen and oxygen atoms in total. The maximum atomic E-state index is 5.61. The molecule has 0 aliphatic heterocycles. The fourth-order valence-electron chi connectivity index (χ4n) is 2.25. The zero-order valence-corrected chi connectivity index (χ0v) is 13.6. The molecule has 0 spiro atoms. The van der Waals surface area contributed by atoms with Crippen molar-refractivity contribution in [2.24, 2.45) is 0 Å². The van der Waals surface area contributed by atoms with Gasteiger partial charge in [-0.2, -0.15) is 0 Å². The molecule has 0 amide bonds. The molecule has 0 fully saturated rings. The van der Waals surface area contributed by atoms with Crippen molar-refractivity contribution >= 4 is 11.8 Å².